The van der Waals surface area contributed by atoms with Gasteiger partial charge in [0.05, 0.1) is 0 Å². The highest BCUT2D eigenvalue weighted by Gasteiger charge is 2.02. The Morgan fingerprint density at radius 2 is 1.77 bits per heavy atom. The van der Waals surface area contributed by atoms with Crippen molar-refractivity contribution in [3.05, 3.63) is 71.1 Å². The van der Waals surface area contributed by atoms with Gasteiger partial charge >= 0.3 is 5.97 Å². The molecule has 1 aromatic heterocycles. The number of aromatic nitrogens is 1. The van der Waals surface area contributed by atoms with Gasteiger partial charge in [-0.15, -0.1) is 0 Å². The minimum Gasteiger partial charge on any atom is -0.478 e. The van der Waals surface area contributed by atoms with Gasteiger partial charge in [-0.05, 0) is 36.8 Å². The van der Waals surface area contributed by atoms with Gasteiger partial charge in [0.15, 0.2) is 5.78 Å². The Morgan fingerprint density at radius 3 is 2.41 bits per heavy atom. The van der Waals surface area contributed by atoms with Crippen LogP contribution in [0.3, 0.4) is 0 Å². The third-order valence-electron chi connectivity index (χ3n) is 3.22. The first-order valence-corrected chi connectivity index (χ1v) is 6.82. The summed E-state index contributed by atoms with van der Waals surface area (Å²) in [5.41, 5.74) is 3.35. The Labute approximate surface area is 129 Å². The highest BCUT2D eigenvalue weighted by Crippen LogP contribution is 2.12. The fraction of sp³-hybridized carbons (Fsp3) is 0.111. The molecule has 4 nitrogen and oxygen atoms in total. The third-order valence-corrected chi connectivity index (χ3v) is 3.22. The van der Waals surface area contributed by atoms with Crippen LogP contribution in [0.5, 0.6) is 0 Å². The second-order valence-electron chi connectivity index (χ2n) is 5.04. The quantitative estimate of drug-likeness (QED) is 0.680. The smallest absolute Gasteiger partial charge is 0.328 e. The van der Waals surface area contributed by atoms with Crippen LogP contribution in [-0.4, -0.2) is 21.4 Å². The van der Waals surface area contributed by atoms with E-state index in [2.05, 4.69) is 0 Å². The van der Waals surface area contributed by atoms with Crippen LogP contribution in [0.15, 0.2) is 48.7 Å². The van der Waals surface area contributed by atoms with Crippen molar-refractivity contribution in [3.63, 3.8) is 0 Å². The molecule has 112 valence electrons. The van der Waals surface area contributed by atoms with Crippen LogP contribution in [0.1, 0.15) is 27.2 Å². The maximum absolute atomic E-state index is 12.1. The molecule has 2 rings (SSSR count). The van der Waals surface area contributed by atoms with Crippen molar-refractivity contribution < 1.29 is 14.7 Å². The molecule has 1 N–H and O–H groups in total. The molecule has 0 saturated heterocycles. The average molecular weight is 295 g/mol. The van der Waals surface area contributed by atoms with Crippen molar-refractivity contribution in [2.75, 3.05) is 0 Å². The van der Waals surface area contributed by atoms with Gasteiger partial charge in [-0.3, -0.25) is 4.79 Å². The van der Waals surface area contributed by atoms with Crippen molar-refractivity contribution >= 4 is 23.9 Å². The Morgan fingerprint density at radius 1 is 1.09 bits per heavy atom. The molecule has 0 atom stereocenters. The van der Waals surface area contributed by atoms with E-state index in [0.29, 0.717) is 5.56 Å². The van der Waals surface area contributed by atoms with Crippen LogP contribution in [0, 0.1) is 6.92 Å². The Balaban J connectivity index is 2.13. The first-order valence-electron chi connectivity index (χ1n) is 6.82. The molecule has 4 heteroatoms. The monoisotopic (exact) mass is 295 g/mol. The molecule has 1 heterocycles. The number of carboxylic acid groups (broad SMARTS) is 1. The summed E-state index contributed by atoms with van der Waals surface area (Å²) in [4.78, 5) is 22.6. The summed E-state index contributed by atoms with van der Waals surface area (Å²) in [6.45, 7) is 1.97. The van der Waals surface area contributed by atoms with Crippen molar-refractivity contribution in [3.8, 4) is 0 Å². The maximum Gasteiger partial charge on any atom is 0.328 e. The van der Waals surface area contributed by atoms with Gasteiger partial charge in [0.2, 0.25) is 0 Å². The van der Waals surface area contributed by atoms with E-state index in [4.69, 9.17) is 5.11 Å². The molecule has 0 aliphatic heterocycles. The lowest BCUT2D eigenvalue weighted by atomic mass is 10.1. The van der Waals surface area contributed by atoms with Gasteiger partial charge in [0, 0.05) is 30.6 Å². The van der Waals surface area contributed by atoms with Crippen LogP contribution in [-0.2, 0) is 11.8 Å². The average Bonchev–Trinajstić information content (AvgIpc) is 2.83. The van der Waals surface area contributed by atoms with E-state index in [-0.39, 0.29) is 5.78 Å². The number of carbonyl (C=O) groups excluding carboxylic acids is 1. The van der Waals surface area contributed by atoms with Crippen molar-refractivity contribution in [1.29, 1.82) is 0 Å². The lowest BCUT2D eigenvalue weighted by molar-refractivity contribution is -0.131. The summed E-state index contributed by atoms with van der Waals surface area (Å²) < 4.78 is 1.80. The van der Waals surface area contributed by atoms with Crippen molar-refractivity contribution in [2.24, 2.45) is 7.05 Å². The van der Waals surface area contributed by atoms with Gasteiger partial charge in [0.25, 0.3) is 0 Å². The maximum atomic E-state index is 12.1. The summed E-state index contributed by atoms with van der Waals surface area (Å²) >= 11 is 0. The second-order valence-corrected chi connectivity index (χ2v) is 5.04. The molecule has 2 aromatic rings. The molecule has 0 unspecified atom stereocenters. The number of allylic oxidation sites excluding steroid dienone is 1. The molecular formula is C18H17NO3. The van der Waals surface area contributed by atoms with Crippen LogP contribution in [0.4, 0.5) is 0 Å². The zero-order chi connectivity index (χ0) is 16.1. The molecule has 0 bridgehead atoms. The summed E-state index contributed by atoms with van der Waals surface area (Å²) in [5.74, 6) is -1.06. The van der Waals surface area contributed by atoms with Crippen molar-refractivity contribution in [2.45, 2.75) is 6.92 Å². The van der Waals surface area contributed by atoms with E-state index in [1.165, 1.54) is 12.2 Å². The fourth-order valence-electron chi connectivity index (χ4n) is 2.01. The third kappa shape index (κ3) is 4.06. The lowest BCUT2D eigenvalue weighted by Gasteiger charge is -1.96. The van der Waals surface area contributed by atoms with Crippen LogP contribution in [0.2, 0.25) is 0 Å². The number of hydrogen-bond acceptors (Lipinski definition) is 2. The number of benzene rings is 1. The Kier molecular flexibility index (Phi) is 4.73. The molecule has 0 aliphatic carbocycles. The van der Waals surface area contributed by atoms with Crippen LogP contribution < -0.4 is 0 Å². The largest absolute Gasteiger partial charge is 0.478 e. The predicted octanol–water partition coefficient (Wildman–Crippen LogP) is 3.33. The minimum absolute atomic E-state index is 0.0634. The molecule has 0 fully saturated rings. The van der Waals surface area contributed by atoms with Gasteiger partial charge in [-0.2, -0.15) is 0 Å². The molecular weight excluding hydrogens is 278 g/mol. The fourth-order valence-corrected chi connectivity index (χ4v) is 2.01. The van der Waals surface area contributed by atoms with E-state index in [0.717, 1.165) is 22.9 Å². The zero-order valence-electron chi connectivity index (χ0n) is 12.5. The SMILES string of the molecule is Cc1ccc(C(=O)/C=C/c2cc(/C=C/C(=O)O)n(C)c2)cc1. The summed E-state index contributed by atoms with van der Waals surface area (Å²) in [6.07, 6.45) is 7.67. The summed E-state index contributed by atoms with van der Waals surface area (Å²) in [6, 6.07) is 9.22. The zero-order valence-corrected chi connectivity index (χ0v) is 12.5. The highest BCUT2D eigenvalue weighted by molar-refractivity contribution is 6.06. The van der Waals surface area contributed by atoms with E-state index in [1.54, 1.807) is 22.8 Å². The lowest BCUT2D eigenvalue weighted by Crippen LogP contribution is -1.93. The minimum atomic E-state index is -0.993. The molecule has 1 aromatic carbocycles. The summed E-state index contributed by atoms with van der Waals surface area (Å²) in [5, 5.41) is 8.64. The highest BCUT2D eigenvalue weighted by atomic mass is 16.4. The molecule has 0 saturated carbocycles. The van der Waals surface area contributed by atoms with Gasteiger partial charge < -0.3 is 9.67 Å². The molecule has 0 aliphatic rings. The van der Waals surface area contributed by atoms with E-state index in [1.807, 2.05) is 38.4 Å². The van der Waals surface area contributed by atoms with Crippen molar-refractivity contribution in [1.82, 2.24) is 4.57 Å². The molecule has 0 amide bonds. The van der Waals surface area contributed by atoms with Gasteiger partial charge in [-0.1, -0.05) is 29.8 Å². The normalized spacial score (nSPS) is 11.4. The van der Waals surface area contributed by atoms with Crippen LogP contribution in [0.25, 0.3) is 12.2 Å². The number of carbonyl (C=O) groups is 2. The first kappa shape index (κ1) is 15.5. The first-order chi connectivity index (χ1) is 10.5. The van der Waals surface area contributed by atoms with E-state index < -0.39 is 5.97 Å². The predicted molar refractivity (Wildman–Crippen MR) is 86.6 cm³/mol. The van der Waals surface area contributed by atoms with Crippen LogP contribution >= 0.6 is 0 Å². The van der Waals surface area contributed by atoms with Gasteiger partial charge in [0.1, 0.15) is 0 Å². The number of carboxylic acids is 1. The molecule has 0 spiro atoms. The molecule has 22 heavy (non-hydrogen) atoms. The van der Waals surface area contributed by atoms with E-state index in [9.17, 15) is 9.59 Å². The standard InChI is InChI=1S/C18H17NO3/c1-13-3-6-15(7-4-13)17(20)9-5-14-11-16(19(2)12-14)8-10-18(21)22/h3-12H,1-2H3,(H,21,22)/b9-5+,10-8+. The number of nitrogens with zero attached hydrogens (tertiary/aromatic N) is 1. The number of aryl methyl sites for hydroxylation is 2. The van der Waals surface area contributed by atoms with Gasteiger partial charge in [-0.25, -0.2) is 4.79 Å². The molecule has 0 radical (unpaired) electrons. The summed E-state index contributed by atoms with van der Waals surface area (Å²) in [7, 11) is 1.82. The van der Waals surface area contributed by atoms with E-state index >= 15 is 0 Å². The number of ketones is 1. The number of rotatable bonds is 5. The Hall–Kier alpha value is -2.88. The number of aliphatic carboxylic acids is 1. The topological polar surface area (TPSA) is 59.3 Å². The second kappa shape index (κ2) is 6.72. The number of hydrogen-bond donors (Lipinski definition) is 1. The Bertz CT molecular complexity index is 749.